The molecule has 5 nitrogen and oxygen atoms in total. The second kappa shape index (κ2) is 5.70. The molecule has 0 spiro atoms. The molecule has 1 atom stereocenters. The molecule has 1 unspecified atom stereocenters. The molecule has 1 rings (SSSR count). The van der Waals surface area contributed by atoms with Crippen LogP contribution in [-0.2, 0) is 20.8 Å². The van der Waals surface area contributed by atoms with E-state index in [9.17, 15) is 14.7 Å². The number of isocyanates is 1. The summed E-state index contributed by atoms with van der Waals surface area (Å²) < 4.78 is 0. The molecule has 78 valence electrons. The second-order valence-electron chi connectivity index (χ2n) is 2.80. The fourth-order valence-corrected chi connectivity index (χ4v) is 1.05. The van der Waals surface area contributed by atoms with E-state index in [-0.39, 0.29) is 6.42 Å². The highest BCUT2D eigenvalue weighted by Crippen LogP contribution is 2.04. The Hall–Kier alpha value is -1.97. The minimum absolute atomic E-state index is 0.119. The molecular weight excluding hydrogens is 198 g/mol. The first-order chi connectivity index (χ1) is 7.24. The Balaban J connectivity index is 2.52. The number of rotatable bonds is 4. The molecule has 15 heavy (non-hydrogen) atoms. The van der Waals surface area contributed by atoms with E-state index in [1.165, 1.54) is 0 Å². The zero-order valence-electron chi connectivity index (χ0n) is 7.79. The van der Waals surface area contributed by atoms with Crippen LogP contribution >= 0.6 is 0 Å². The van der Waals surface area contributed by atoms with Gasteiger partial charge in [0.25, 0.3) is 6.08 Å². The van der Waals surface area contributed by atoms with Crippen LogP contribution in [0.3, 0.4) is 0 Å². The van der Waals surface area contributed by atoms with Gasteiger partial charge in [-0.25, -0.2) is 9.59 Å². The van der Waals surface area contributed by atoms with Gasteiger partial charge in [-0.15, -0.1) is 0 Å². The van der Waals surface area contributed by atoms with E-state index in [2.05, 4.69) is 9.99 Å². The van der Waals surface area contributed by atoms with Crippen molar-refractivity contribution in [2.75, 3.05) is 0 Å². The number of benzene rings is 1. The van der Waals surface area contributed by atoms with Gasteiger partial charge >= 0.3 is 5.97 Å². The van der Waals surface area contributed by atoms with E-state index < -0.39 is 12.1 Å². The Morgan fingerprint density at radius 1 is 1.47 bits per heavy atom. The third kappa shape index (κ3) is 3.72. The molecule has 0 saturated carbocycles. The number of hydrogen-bond acceptors (Lipinski definition) is 5. The lowest BCUT2D eigenvalue weighted by atomic mass is 10.1. The molecule has 0 amide bonds. The van der Waals surface area contributed by atoms with Crippen molar-refractivity contribution in [1.82, 2.24) is 0 Å². The monoisotopic (exact) mass is 207 g/mol. The quantitative estimate of drug-likeness (QED) is 0.335. The fourth-order valence-electron chi connectivity index (χ4n) is 1.05. The molecule has 1 aromatic rings. The van der Waals surface area contributed by atoms with Crippen molar-refractivity contribution in [2.24, 2.45) is 5.16 Å². The zero-order valence-corrected chi connectivity index (χ0v) is 7.79. The van der Waals surface area contributed by atoms with Crippen LogP contribution in [-0.4, -0.2) is 23.3 Å². The van der Waals surface area contributed by atoms with Gasteiger partial charge in [-0.05, 0) is 5.56 Å². The van der Waals surface area contributed by atoms with Gasteiger partial charge in [0.15, 0.2) is 6.10 Å². The van der Waals surface area contributed by atoms with Crippen molar-refractivity contribution < 1.29 is 19.5 Å². The molecule has 0 aliphatic rings. The maximum Gasteiger partial charge on any atom is 0.364 e. The lowest BCUT2D eigenvalue weighted by molar-refractivity contribution is -0.153. The van der Waals surface area contributed by atoms with E-state index >= 15 is 0 Å². The third-order valence-electron chi connectivity index (χ3n) is 1.72. The maximum atomic E-state index is 11.0. The summed E-state index contributed by atoms with van der Waals surface area (Å²) in [4.78, 5) is 24.6. The summed E-state index contributed by atoms with van der Waals surface area (Å²) in [6.07, 6.45) is -0.172. The van der Waals surface area contributed by atoms with Gasteiger partial charge in [0.05, 0.1) is 0 Å². The van der Waals surface area contributed by atoms with E-state index in [1.54, 1.807) is 24.3 Å². The predicted octanol–water partition coefficient (Wildman–Crippen LogP) is 0.384. The van der Waals surface area contributed by atoms with Crippen LogP contribution in [0, 0.1) is 0 Å². The molecule has 0 aliphatic heterocycles. The summed E-state index contributed by atoms with van der Waals surface area (Å²) in [5.74, 6) is -0.970. The highest BCUT2D eigenvalue weighted by molar-refractivity contribution is 5.74. The van der Waals surface area contributed by atoms with Crippen LogP contribution in [0.2, 0.25) is 0 Å². The second-order valence-corrected chi connectivity index (χ2v) is 2.80. The number of aliphatic hydroxyl groups is 1. The zero-order chi connectivity index (χ0) is 11.1. The third-order valence-corrected chi connectivity index (χ3v) is 1.72. The summed E-state index contributed by atoms with van der Waals surface area (Å²) in [5, 5.41) is 12.0. The molecule has 0 fully saturated rings. The van der Waals surface area contributed by atoms with Gasteiger partial charge in [-0.2, -0.15) is 0 Å². The summed E-state index contributed by atoms with van der Waals surface area (Å²) >= 11 is 0. The average molecular weight is 207 g/mol. The van der Waals surface area contributed by atoms with Crippen molar-refractivity contribution >= 4 is 12.0 Å². The number of hydrogen-bond donors (Lipinski definition) is 1. The average Bonchev–Trinajstić information content (AvgIpc) is 2.27. The summed E-state index contributed by atoms with van der Waals surface area (Å²) in [5.41, 5.74) is 0.789. The minimum atomic E-state index is -1.33. The van der Waals surface area contributed by atoms with Gasteiger partial charge in [0.2, 0.25) is 0 Å². The van der Waals surface area contributed by atoms with Crippen LogP contribution in [0.5, 0.6) is 0 Å². The predicted molar refractivity (Wildman–Crippen MR) is 50.4 cm³/mol. The number of carbonyl (C=O) groups excluding carboxylic acids is 2. The lowest BCUT2D eigenvalue weighted by Crippen LogP contribution is -2.23. The summed E-state index contributed by atoms with van der Waals surface area (Å²) in [6, 6.07) is 8.93. The minimum Gasteiger partial charge on any atom is -0.381 e. The van der Waals surface area contributed by atoms with Gasteiger partial charge in [0, 0.05) is 11.6 Å². The highest BCUT2D eigenvalue weighted by atomic mass is 16.7. The smallest absolute Gasteiger partial charge is 0.364 e. The first kappa shape index (κ1) is 11.1. The molecule has 1 N–H and O–H groups in total. The Morgan fingerprint density at radius 2 is 2.13 bits per heavy atom. The van der Waals surface area contributed by atoms with Crippen LogP contribution in [0.25, 0.3) is 0 Å². The number of aliphatic hydroxyl groups excluding tert-OH is 1. The van der Waals surface area contributed by atoms with Gasteiger partial charge in [-0.3, -0.25) is 0 Å². The van der Waals surface area contributed by atoms with Crippen LogP contribution in [0.15, 0.2) is 35.5 Å². The largest absolute Gasteiger partial charge is 0.381 e. The number of nitrogens with zero attached hydrogens (tertiary/aromatic N) is 1. The van der Waals surface area contributed by atoms with Gasteiger partial charge in [0.1, 0.15) is 0 Å². The molecular formula is C10H9NO4. The SMILES string of the molecule is O=C=NOC(=O)C(O)Cc1ccccc1. The standard InChI is InChI=1S/C10H9NO4/c12-7-11-15-10(14)9(13)6-8-4-2-1-3-5-8/h1-5,9,13H,6H2. The molecule has 5 heteroatoms. The Bertz CT molecular complexity index is 370. The van der Waals surface area contributed by atoms with Crippen molar-refractivity contribution in [1.29, 1.82) is 0 Å². The van der Waals surface area contributed by atoms with Crippen LogP contribution < -0.4 is 0 Å². The first-order valence-corrected chi connectivity index (χ1v) is 4.24. The highest BCUT2D eigenvalue weighted by Gasteiger charge is 2.17. The maximum absolute atomic E-state index is 11.0. The van der Waals surface area contributed by atoms with E-state index in [4.69, 9.17) is 0 Å². The van der Waals surface area contributed by atoms with Crippen molar-refractivity contribution in [3.05, 3.63) is 35.9 Å². The fraction of sp³-hybridized carbons (Fsp3) is 0.200. The van der Waals surface area contributed by atoms with Gasteiger partial charge in [-0.1, -0.05) is 30.3 Å². The molecule has 0 heterocycles. The van der Waals surface area contributed by atoms with E-state index in [1.807, 2.05) is 6.07 Å². The molecule has 0 saturated heterocycles. The molecule has 0 aliphatic carbocycles. The Morgan fingerprint density at radius 3 is 2.73 bits per heavy atom. The Labute approximate surface area is 86.0 Å². The first-order valence-electron chi connectivity index (χ1n) is 4.24. The summed E-state index contributed by atoms with van der Waals surface area (Å²) in [7, 11) is 0. The lowest BCUT2D eigenvalue weighted by Gasteiger charge is -2.05. The molecule has 0 bridgehead atoms. The summed E-state index contributed by atoms with van der Waals surface area (Å²) in [6.45, 7) is 0. The van der Waals surface area contributed by atoms with Crippen LogP contribution in [0.4, 0.5) is 0 Å². The van der Waals surface area contributed by atoms with E-state index in [0.29, 0.717) is 0 Å². The van der Waals surface area contributed by atoms with Crippen LogP contribution in [0.1, 0.15) is 5.56 Å². The topological polar surface area (TPSA) is 76.0 Å². The van der Waals surface area contributed by atoms with Gasteiger partial charge < -0.3 is 9.94 Å². The molecule has 0 aromatic heterocycles. The van der Waals surface area contributed by atoms with Crippen molar-refractivity contribution in [2.45, 2.75) is 12.5 Å². The molecule has 1 aromatic carbocycles. The normalized spacial score (nSPS) is 11.3. The Kier molecular flexibility index (Phi) is 4.22. The number of carbonyl (C=O) groups is 1. The van der Waals surface area contributed by atoms with Crippen molar-refractivity contribution in [3.63, 3.8) is 0 Å². The van der Waals surface area contributed by atoms with E-state index in [0.717, 1.165) is 11.6 Å². The van der Waals surface area contributed by atoms with Crippen molar-refractivity contribution in [3.8, 4) is 0 Å². The molecule has 0 radical (unpaired) electrons.